The van der Waals surface area contributed by atoms with Crippen LogP contribution in [0, 0.1) is 10.1 Å². The monoisotopic (exact) mass is 353 g/mol. The van der Waals surface area contributed by atoms with E-state index in [1.165, 1.54) is 18.2 Å². The van der Waals surface area contributed by atoms with E-state index in [-0.39, 0.29) is 23.6 Å². The van der Waals surface area contributed by atoms with Gasteiger partial charge in [-0.05, 0) is 36.8 Å². The lowest BCUT2D eigenvalue weighted by Crippen LogP contribution is -2.35. The Morgan fingerprint density at radius 1 is 1.19 bits per heavy atom. The van der Waals surface area contributed by atoms with E-state index >= 15 is 0 Å². The number of nitrogens with zero attached hydrogens (tertiary/aromatic N) is 2. The number of amides is 2. The van der Waals surface area contributed by atoms with E-state index in [2.05, 4.69) is 5.43 Å². The highest BCUT2D eigenvalue weighted by atomic mass is 16.6. The minimum Gasteiger partial charge on any atom is -0.487 e. The van der Waals surface area contributed by atoms with Gasteiger partial charge in [0.1, 0.15) is 5.57 Å². The second-order valence-electron chi connectivity index (χ2n) is 5.39. The summed E-state index contributed by atoms with van der Waals surface area (Å²) in [6.45, 7) is 2.01. The Morgan fingerprint density at radius 3 is 2.58 bits per heavy atom. The first kappa shape index (κ1) is 17.2. The van der Waals surface area contributed by atoms with E-state index < -0.39 is 16.7 Å². The van der Waals surface area contributed by atoms with Gasteiger partial charge < -0.3 is 4.74 Å². The van der Waals surface area contributed by atoms with Crippen LogP contribution >= 0.6 is 0 Å². The SMILES string of the molecule is CCOc1ccc(C=C2C(=O)NN(c3ccccc3)C2=O)cc1[N+](=O)[O-]. The summed E-state index contributed by atoms with van der Waals surface area (Å²) in [6.07, 6.45) is 1.32. The summed E-state index contributed by atoms with van der Waals surface area (Å²) in [5, 5.41) is 12.3. The fraction of sp³-hybridized carbons (Fsp3) is 0.111. The normalized spacial score (nSPS) is 15.3. The van der Waals surface area contributed by atoms with Crippen LogP contribution in [-0.4, -0.2) is 23.3 Å². The van der Waals surface area contributed by atoms with Crippen molar-refractivity contribution >= 4 is 29.3 Å². The smallest absolute Gasteiger partial charge is 0.311 e. The van der Waals surface area contributed by atoms with Crippen LogP contribution in [0.15, 0.2) is 54.1 Å². The van der Waals surface area contributed by atoms with Crippen molar-refractivity contribution in [1.82, 2.24) is 5.43 Å². The van der Waals surface area contributed by atoms with E-state index in [0.717, 1.165) is 5.01 Å². The van der Waals surface area contributed by atoms with Gasteiger partial charge in [0.25, 0.3) is 11.8 Å². The molecule has 1 fully saturated rings. The second kappa shape index (κ2) is 7.06. The standard InChI is InChI=1S/C18H15N3O5/c1-2-26-16-9-8-12(11-15(16)21(24)25)10-14-17(22)19-20(18(14)23)13-6-4-3-5-7-13/h3-11H,2H2,1H3,(H,19,22). The van der Waals surface area contributed by atoms with Crippen molar-refractivity contribution in [1.29, 1.82) is 0 Å². The molecule has 8 nitrogen and oxygen atoms in total. The first-order valence-corrected chi connectivity index (χ1v) is 7.84. The minimum atomic E-state index is -0.574. The van der Waals surface area contributed by atoms with Gasteiger partial charge in [0.15, 0.2) is 5.75 Å². The van der Waals surface area contributed by atoms with Crippen LogP contribution in [0.2, 0.25) is 0 Å². The lowest BCUT2D eigenvalue weighted by molar-refractivity contribution is -0.385. The molecule has 0 aliphatic carbocycles. The van der Waals surface area contributed by atoms with Crippen molar-refractivity contribution in [3.63, 3.8) is 0 Å². The van der Waals surface area contributed by atoms with E-state index in [0.29, 0.717) is 11.3 Å². The highest BCUT2D eigenvalue weighted by molar-refractivity contribution is 6.31. The van der Waals surface area contributed by atoms with Crippen molar-refractivity contribution in [3.8, 4) is 5.75 Å². The maximum absolute atomic E-state index is 12.5. The zero-order valence-corrected chi connectivity index (χ0v) is 13.8. The summed E-state index contributed by atoms with van der Waals surface area (Å²) in [5.74, 6) is -0.971. The highest BCUT2D eigenvalue weighted by Gasteiger charge is 2.34. The summed E-state index contributed by atoms with van der Waals surface area (Å²) in [5.41, 5.74) is 3.02. The minimum absolute atomic E-state index is 0.104. The molecule has 0 bridgehead atoms. The quantitative estimate of drug-likeness (QED) is 0.385. The number of hydrogen-bond acceptors (Lipinski definition) is 5. The molecule has 2 aromatic rings. The molecule has 0 radical (unpaired) electrons. The third-order valence-electron chi connectivity index (χ3n) is 3.70. The number of carbonyl (C=O) groups excluding carboxylic acids is 2. The fourth-order valence-corrected chi connectivity index (χ4v) is 2.53. The molecule has 1 aliphatic heterocycles. The Kier molecular flexibility index (Phi) is 4.66. The van der Waals surface area contributed by atoms with Crippen LogP contribution in [0.25, 0.3) is 6.08 Å². The largest absolute Gasteiger partial charge is 0.487 e. The van der Waals surface area contributed by atoms with Gasteiger partial charge in [-0.15, -0.1) is 0 Å². The number of nitro benzene ring substituents is 1. The number of benzene rings is 2. The summed E-state index contributed by atoms with van der Waals surface area (Å²) >= 11 is 0. The molecule has 2 amide bonds. The molecule has 3 rings (SSSR count). The fourth-order valence-electron chi connectivity index (χ4n) is 2.53. The van der Waals surface area contributed by atoms with Gasteiger partial charge in [-0.1, -0.05) is 24.3 Å². The molecule has 26 heavy (non-hydrogen) atoms. The summed E-state index contributed by atoms with van der Waals surface area (Å²) in [4.78, 5) is 35.3. The summed E-state index contributed by atoms with van der Waals surface area (Å²) in [6, 6.07) is 12.9. The van der Waals surface area contributed by atoms with Crippen LogP contribution < -0.4 is 15.2 Å². The van der Waals surface area contributed by atoms with Crippen LogP contribution in [0.5, 0.6) is 5.75 Å². The molecular weight excluding hydrogens is 338 g/mol. The lowest BCUT2D eigenvalue weighted by Gasteiger charge is -2.13. The Balaban J connectivity index is 1.95. The first-order chi connectivity index (χ1) is 12.5. The molecule has 1 N–H and O–H groups in total. The van der Waals surface area contributed by atoms with Crippen LogP contribution in [0.1, 0.15) is 12.5 Å². The van der Waals surface area contributed by atoms with Crippen molar-refractivity contribution in [2.75, 3.05) is 11.6 Å². The van der Waals surface area contributed by atoms with Crippen molar-refractivity contribution in [3.05, 3.63) is 69.8 Å². The number of nitro groups is 1. The Labute approximate surface area is 148 Å². The second-order valence-corrected chi connectivity index (χ2v) is 5.39. The third kappa shape index (κ3) is 3.25. The van der Waals surface area contributed by atoms with Gasteiger partial charge in [-0.2, -0.15) is 0 Å². The van der Waals surface area contributed by atoms with Gasteiger partial charge in [0, 0.05) is 6.07 Å². The first-order valence-electron chi connectivity index (χ1n) is 7.84. The number of rotatable bonds is 5. The third-order valence-corrected chi connectivity index (χ3v) is 3.70. The molecular formula is C18H15N3O5. The molecule has 1 aliphatic rings. The Hall–Kier alpha value is -3.68. The molecule has 0 spiro atoms. The number of carbonyl (C=O) groups is 2. The van der Waals surface area contributed by atoms with Crippen LogP contribution in [0.3, 0.4) is 0 Å². The molecule has 132 valence electrons. The molecule has 8 heteroatoms. The van der Waals surface area contributed by atoms with Crippen molar-refractivity contribution in [2.24, 2.45) is 0 Å². The van der Waals surface area contributed by atoms with E-state index in [1.807, 2.05) is 0 Å². The van der Waals surface area contributed by atoms with E-state index in [4.69, 9.17) is 4.74 Å². The van der Waals surface area contributed by atoms with Gasteiger partial charge in [-0.25, -0.2) is 5.01 Å². The molecule has 0 saturated carbocycles. The topological polar surface area (TPSA) is 102 Å². The van der Waals surface area contributed by atoms with E-state index in [9.17, 15) is 19.7 Å². The van der Waals surface area contributed by atoms with E-state index in [1.54, 1.807) is 43.3 Å². The van der Waals surface area contributed by atoms with Gasteiger partial charge in [0.2, 0.25) is 0 Å². The summed E-state index contributed by atoms with van der Waals surface area (Å²) < 4.78 is 5.22. The van der Waals surface area contributed by atoms with Crippen molar-refractivity contribution in [2.45, 2.75) is 6.92 Å². The van der Waals surface area contributed by atoms with Crippen molar-refractivity contribution < 1.29 is 19.2 Å². The molecule has 1 saturated heterocycles. The van der Waals surface area contributed by atoms with Crippen LogP contribution in [0.4, 0.5) is 11.4 Å². The number of anilines is 1. The number of nitrogens with one attached hydrogen (secondary N) is 1. The summed E-state index contributed by atoms with van der Waals surface area (Å²) in [7, 11) is 0. The molecule has 0 unspecified atom stereocenters. The Bertz CT molecular complexity index is 908. The maximum Gasteiger partial charge on any atom is 0.311 e. The number of para-hydroxylation sites is 1. The predicted molar refractivity (Wildman–Crippen MR) is 94.3 cm³/mol. The zero-order valence-electron chi connectivity index (χ0n) is 13.8. The molecule has 1 heterocycles. The maximum atomic E-state index is 12.5. The van der Waals surface area contributed by atoms with Gasteiger partial charge >= 0.3 is 5.69 Å². The lowest BCUT2D eigenvalue weighted by atomic mass is 10.1. The average Bonchev–Trinajstić information content (AvgIpc) is 2.92. The number of hydrogen-bond donors (Lipinski definition) is 1. The highest BCUT2D eigenvalue weighted by Crippen LogP contribution is 2.29. The zero-order chi connectivity index (χ0) is 18.7. The average molecular weight is 353 g/mol. The van der Waals surface area contributed by atoms with Gasteiger partial charge in [-0.3, -0.25) is 25.1 Å². The number of ether oxygens (including phenoxy) is 1. The molecule has 0 atom stereocenters. The van der Waals surface area contributed by atoms with Crippen LogP contribution in [-0.2, 0) is 9.59 Å². The predicted octanol–water partition coefficient (Wildman–Crippen LogP) is 2.45. The Morgan fingerprint density at radius 2 is 1.92 bits per heavy atom. The molecule has 0 aromatic heterocycles. The number of hydrazine groups is 1. The molecule has 2 aromatic carbocycles. The van der Waals surface area contributed by atoms with Gasteiger partial charge in [0.05, 0.1) is 17.2 Å².